The van der Waals surface area contributed by atoms with Crippen molar-refractivity contribution < 1.29 is 17.4 Å². The molecule has 0 aromatic rings. The summed E-state index contributed by atoms with van der Waals surface area (Å²) in [5.41, 5.74) is 5.41. The van der Waals surface area contributed by atoms with Crippen molar-refractivity contribution in [3.05, 3.63) is 0 Å². The van der Waals surface area contributed by atoms with Crippen molar-refractivity contribution in [1.82, 2.24) is 0 Å². The monoisotopic (exact) mass is 473 g/mol. The first-order valence-electron chi connectivity index (χ1n) is 9.26. The van der Waals surface area contributed by atoms with E-state index in [1.807, 2.05) is 27.7 Å². The molecule has 0 amide bonds. The average molecular weight is 473 g/mol. The van der Waals surface area contributed by atoms with E-state index in [0.29, 0.717) is 18.3 Å². The summed E-state index contributed by atoms with van der Waals surface area (Å²) in [7, 11) is 1.66. The van der Waals surface area contributed by atoms with E-state index in [2.05, 4.69) is 23.8 Å². The van der Waals surface area contributed by atoms with Gasteiger partial charge in [0, 0.05) is 7.11 Å². The summed E-state index contributed by atoms with van der Waals surface area (Å²) >= 11 is 1.62. The van der Waals surface area contributed by atoms with Gasteiger partial charge in [-0.15, -0.1) is 0 Å². The van der Waals surface area contributed by atoms with Crippen molar-refractivity contribution in [2.45, 2.75) is 86.8 Å². The van der Waals surface area contributed by atoms with Gasteiger partial charge in [-0.1, -0.05) is 61.3 Å². The van der Waals surface area contributed by atoms with Crippen molar-refractivity contribution in [1.29, 1.82) is 0 Å². The van der Waals surface area contributed by atoms with Crippen LogP contribution in [0.5, 0.6) is 0 Å². The van der Waals surface area contributed by atoms with E-state index < -0.39 is 0 Å². The first kappa shape index (κ1) is 29.5. The number of carbonyl (C=O) groups is 2. The molecule has 0 aliphatic rings. The minimum atomic E-state index is -0.269. The lowest BCUT2D eigenvalue weighted by Gasteiger charge is -2.28. The molecule has 0 heterocycles. The number of rotatable bonds is 9. The number of ketones is 1. The topological polar surface area (TPSA) is 78.6 Å². The third kappa shape index (κ3) is 14.6. The molecule has 5 nitrogen and oxygen atoms in total. The molecule has 0 saturated heterocycles. The highest BCUT2D eigenvalue weighted by Crippen LogP contribution is 2.26. The Kier molecular flexibility index (Phi) is 22.0. The highest BCUT2D eigenvalue weighted by Gasteiger charge is 2.26. The second kappa shape index (κ2) is 18.6. The second-order valence-corrected chi connectivity index (χ2v) is 6.71. The molecule has 0 aliphatic heterocycles. The van der Waals surface area contributed by atoms with Crippen molar-refractivity contribution in [2.75, 3.05) is 7.11 Å². The molecule has 0 rings (SSSR count). The number of carbonyl (C=O) groups excluding carboxylic acids is 2. The van der Waals surface area contributed by atoms with Crippen LogP contribution in [0, 0.1) is 17.8 Å². The van der Waals surface area contributed by atoms with Crippen LogP contribution >= 0.6 is 23.0 Å². The van der Waals surface area contributed by atoms with Gasteiger partial charge in [-0.05, 0) is 24.7 Å². The van der Waals surface area contributed by atoms with Crippen LogP contribution in [0.1, 0.15) is 74.7 Å². The zero-order valence-electron chi connectivity index (χ0n) is 17.6. The summed E-state index contributed by atoms with van der Waals surface area (Å²) < 4.78 is 10.0. The Morgan fingerprint density at radius 3 is 1.76 bits per heavy atom. The molecular weight excluding hydrogens is 433 g/mol. The van der Waals surface area contributed by atoms with Crippen LogP contribution in [0.25, 0.3) is 0 Å². The number of nitrogens with two attached hydrogens (primary N) is 1. The Morgan fingerprint density at radius 1 is 1.08 bits per heavy atom. The molecule has 0 aromatic heterocycles. The molecule has 2 N–H and O–H groups in total. The van der Waals surface area contributed by atoms with E-state index in [0.717, 1.165) is 12.8 Å². The van der Waals surface area contributed by atoms with Crippen LogP contribution in [0.15, 0.2) is 0 Å². The smallest absolute Gasteiger partial charge is 0.317 e. The molecule has 0 spiro atoms. The fourth-order valence-corrected chi connectivity index (χ4v) is 2.59. The van der Waals surface area contributed by atoms with Crippen LogP contribution in [0.3, 0.4) is 0 Å². The molecule has 0 unspecified atom stereocenters. The summed E-state index contributed by atoms with van der Waals surface area (Å²) in [6.45, 7) is 15.9. The van der Waals surface area contributed by atoms with Crippen molar-refractivity contribution >= 4 is 34.8 Å². The number of methoxy groups -OCH3 is 1. The zero-order chi connectivity index (χ0) is 20.6. The van der Waals surface area contributed by atoms with E-state index in [-0.39, 0.29) is 29.8 Å². The van der Waals surface area contributed by atoms with Gasteiger partial charge in [0.1, 0.15) is 5.78 Å². The van der Waals surface area contributed by atoms with Gasteiger partial charge in [0.25, 0.3) is 0 Å². The minimum Gasteiger partial charge on any atom is -0.394 e. The Morgan fingerprint density at radius 2 is 1.56 bits per heavy atom. The van der Waals surface area contributed by atoms with Gasteiger partial charge in [0.15, 0.2) is 23.0 Å². The quantitative estimate of drug-likeness (QED) is 0.480. The Bertz CT molecular complexity index is 337. The van der Waals surface area contributed by atoms with E-state index >= 15 is 0 Å². The molecule has 25 heavy (non-hydrogen) atoms. The van der Waals surface area contributed by atoms with Crippen LogP contribution < -0.4 is 5.73 Å². The second-order valence-electron chi connectivity index (χ2n) is 6.27. The predicted octanol–water partition coefficient (Wildman–Crippen LogP) is 4.94. The average Bonchev–Trinajstić information content (AvgIpc) is 2.61. The lowest BCUT2D eigenvalue weighted by atomic mass is 9.84. The molecule has 0 radical (unpaired) electrons. The lowest BCUT2D eigenvalue weighted by molar-refractivity contribution is -0.135. The maximum Gasteiger partial charge on any atom is 0.317 e. The molecule has 0 fully saturated rings. The van der Waals surface area contributed by atoms with Gasteiger partial charge < -0.3 is 13.5 Å². The number of Topliss-reactive ketones (excluding diaryl/α,β-unsaturated/α-hetero) is 1. The summed E-state index contributed by atoms with van der Waals surface area (Å²) in [6, 6.07) is -0.269. The molecule has 152 valence electrons. The number of ether oxygens (including phenoxy) is 1. The van der Waals surface area contributed by atoms with Crippen molar-refractivity contribution in [3.63, 3.8) is 0 Å². The summed E-state index contributed by atoms with van der Waals surface area (Å²) in [6.07, 6.45) is 2.47. The Balaban J connectivity index is -0.000000408. The van der Waals surface area contributed by atoms with Crippen molar-refractivity contribution in [3.8, 4) is 0 Å². The first-order chi connectivity index (χ1) is 11.7. The van der Waals surface area contributed by atoms with E-state index in [4.69, 9.17) is 10.5 Å². The standard InChI is InChI=1S/C11H21IO3.C6H13NO.C2H6/c1-5-8(3)9(6-2)10(14-4)7-11(13)15-12;1-4(2)6(7)5(3)8;1-2/h8-10H,5-7H2,1-4H3;4,6H,7H2,1-3H3;1-2H3/t8-,9-,10+;6-;/m00./s1. The van der Waals surface area contributed by atoms with E-state index in [9.17, 15) is 9.59 Å². The molecule has 4 atom stereocenters. The predicted molar refractivity (Wildman–Crippen MR) is 114 cm³/mol. The van der Waals surface area contributed by atoms with Gasteiger partial charge >= 0.3 is 5.97 Å². The Labute approximate surface area is 169 Å². The number of hydrogen-bond acceptors (Lipinski definition) is 5. The van der Waals surface area contributed by atoms with Crippen LogP contribution in [-0.2, 0) is 17.4 Å². The number of hydrogen-bond donors (Lipinski definition) is 1. The minimum absolute atomic E-state index is 0.0211. The van der Waals surface area contributed by atoms with Crippen LogP contribution in [0.4, 0.5) is 0 Å². The zero-order valence-corrected chi connectivity index (χ0v) is 19.8. The maximum atomic E-state index is 11.2. The summed E-state index contributed by atoms with van der Waals surface area (Å²) in [4.78, 5) is 21.7. The first-order valence-corrected chi connectivity index (χ1v) is 10.1. The third-order valence-corrected chi connectivity index (χ3v) is 4.76. The molecule has 0 bridgehead atoms. The van der Waals surface area contributed by atoms with Gasteiger partial charge in [0.2, 0.25) is 0 Å². The van der Waals surface area contributed by atoms with Gasteiger partial charge in [0.05, 0.1) is 18.6 Å². The largest absolute Gasteiger partial charge is 0.394 e. The summed E-state index contributed by atoms with van der Waals surface area (Å²) in [5, 5.41) is 0. The SMILES string of the molecule is CC.CC(=O)[C@@H](N)C(C)C.CC[C@@H]([C@@H](C)CC)[C@@H](CC(=O)OI)OC. The highest BCUT2D eigenvalue weighted by molar-refractivity contribution is 14.1. The van der Waals surface area contributed by atoms with Crippen LogP contribution in [-0.4, -0.2) is 31.0 Å². The molecule has 0 aliphatic carbocycles. The fraction of sp³-hybridized carbons (Fsp3) is 0.895. The number of halogens is 1. The van der Waals surface area contributed by atoms with Crippen LogP contribution in [0.2, 0.25) is 0 Å². The maximum absolute atomic E-state index is 11.2. The highest BCUT2D eigenvalue weighted by atomic mass is 127. The van der Waals surface area contributed by atoms with Crippen molar-refractivity contribution in [2.24, 2.45) is 23.5 Å². The fourth-order valence-electron chi connectivity index (χ4n) is 2.41. The van der Waals surface area contributed by atoms with Gasteiger partial charge in [-0.3, -0.25) is 9.59 Å². The third-order valence-electron chi connectivity index (χ3n) is 4.27. The van der Waals surface area contributed by atoms with Gasteiger partial charge in [-0.2, -0.15) is 0 Å². The summed E-state index contributed by atoms with van der Waals surface area (Å²) in [5.74, 6) is 1.13. The molecule has 0 saturated carbocycles. The molecular formula is C19H40INO4. The lowest BCUT2D eigenvalue weighted by Crippen LogP contribution is -2.33. The Hall–Kier alpha value is -0.210. The molecule has 0 aromatic carbocycles. The van der Waals surface area contributed by atoms with E-state index in [1.165, 1.54) is 6.92 Å². The van der Waals surface area contributed by atoms with E-state index in [1.54, 1.807) is 30.1 Å². The normalized spacial score (nSPS) is 14.9. The molecule has 6 heteroatoms. The van der Waals surface area contributed by atoms with Gasteiger partial charge in [-0.25, -0.2) is 0 Å².